The van der Waals surface area contributed by atoms with Crippen molar-refractivity contribution in [3.05, 3.63) is 65.5 Å². The van der Waals surface area contributed by atoms with Crippen LogP contribution in [-0.4, -0.2) is 53.3 Å². The van der Waals surface area contributed by atoms with Crippen LogP contribution < -0.4 is 4.74 Å². The lowest BCUT2D eigenvalue weighted by Gasteiger charge is -2.44. The van der Waals surface area contributed by atoms with Crippen LogP contribution in [0.2, 0.25) is 0 Å². The van der Waals surface area contributed by atoms with Crippen LogP contribution in [0.3, 0.4) is 0 Å². The lowest BCUT2D eigenvalue weighted by molar-refractivity contribution is -0.139. The van der Waals surface area contributed by atoms with E-state index in [2.05, 4.69) is 18.7 Å². The summed E-state index contributed by atoms with van der Waals surface area (Å²) in [6.07, 6.45) is 7.56. The molecule has 2 aromatic rings. The van der Waals surface area contributed by atoms with Gasteiger partial charge in [0.2, 0.25) is 0 Å². The molecule has 1 heterocycles. The number of carbonyl (C=O) groups is 2. The third kappa shape index (κ3) is 8.44. The molecule has 36 heavy (non-hydrogen) atoms. The Hall–Kier alpha value is -2.73. The molecule has 5 nitrogen and oxygen atoms in total. The molecule has 0 N–H and O–H groups in total. The Labute approximate surface area is 215 Å². The summed E-state index contributed by atoms with van der Waals surface area (Å²) in [5, 5.41) is 0. The summed E-state index contributed by atoms with van der Waals surface area (Å²) in [6.45, 7) is 8.43. The van der Waals surface area contributed by atoms with E-state index in [1.165, 1.54) is 37.8 Å². The Bertz CT molecular complexity index is 961. The number of nitrogens with zero attached hydrogens (tertiary/aromatic N) is 2. The number of hydrogen-bond acceptors (Lipinski definition) is 4. The van der Waals surface area contributed by atoms with Crippen LogP contribution in [0.25, 0.3) is 0 Å². The van der Waals surface area contributed by atoms with Crippen LogP contribution in [0, 0.1) is 5.82 Å². The van der Waals surface area contributed by atoms with Gasteiger partial charge >= 0.3 is 0 Å². The Morgan fingerprint density at radius 2 is 1.56 bits per heavy atom. The van der Waals surface area contributed by atoms with Crippen molar-refractivity contribution in [3.8, 4) is 5.75 Å². The van der Waals surface area contributed by atoms with Crippen molar-refractivity contribution < 1.29 is 18.7 Å². The van der Waals surface area contributed by atoms with Gasteiger partial charge < -0.3 is 9.64 Å². The predicted octanol–water partition coefficient (Wildman–Crippen LogP) is 6.26. The summed E-state index contributed by atoms with van der Waals surface area (Å²) in [7, 11) is 0. The largest absolute Gasteiger partial charge is 0.484 e. The van der Waals surface area contributed by atoms with E-state index in [9.17, 15) is 14.0 Å². The van der Waals surface area contributed by atoms with Crippen molar-refractivity contribution in [2.75, 3.05) is 19.7 Å². The van der Waals surface area contributed by atoms with Crippen LogP contribution in [0.5, 0.6) is 5.75 Å². The van der Waals surface area contributed by atoms with Gasteiger partial charge in [0, 0.05) is 43.7 Å². The molecule has 1 saturated heterocycles. The van der Waals surface area contributed by atoms with E-state index in [4.69, 9.17) is 4.74 Å². The van der Waals surface area contributed by atoms with E-state index in [0.717, 1.165) is 31.5 Å². The van der Waals surface area contributed by atoms with Gasteiger partial charge in [0.05, 0.1) is 0 Å². The molecule has 1 aliphatic heterocycles. The van der Waals surface area contributed by atoms with Crippen LogP contribution in [0.1, 0.15) is 81.6 Å². The molecule has 0 bridgehead atoms. The van der Waals surface area contributed by atoms with Gasteiger partial charge in [0.25, 0.3) is 5.91 Å². The second-order valence-electron chi connectivity index (χ2n) is 10.1. The highest BCUT2D eigenvalue weighted by molar-refractivity contribution is 5.96. The van der Waals surface area contributed by atoms with E-state index < -0.39 is 0 Å². The van der Waals surface area contributed by atoms with Crippen LogP contribution in [-0.2, 0) is 11.3 Å². The second-order valence-corrected chi connectivity index (χ2v) is 10.1. The minimum absolute atomic E-state index is 0.0277. The molecule has 0 radical (unpaired) electrons. The highest BCUT2D eigenvalue weighted by atomic mass is 19.1. The maximum atomic E-state index is 13.2. The van der Waals surface area contributed by atoms with Crippen molar-refractivity contribution >= 4 is 11.7 Å². The summed E-state index contributed by atoms with van der Waals surface area (Å²) in [5.41, 5.74) is 1.76. The summed E-state index contributed by atoms with van der Waals surface area (Å²) in [4.78, 5) is 29.5. The minimum atomic E-state index is -0.231. The van der Waals surface area contributed by atoms with Crippen molar-refractivity contribution in [1.29, 1.82) is 0 Å². The molecule has 1 amide bonds. The molecule has 0 aliphatic carbocycles. The first kappa shape index (κ1) is 27.9. The molecule has 1 aliphatic rings. The number of ether oxygens (including phenoxy) is 1. The number of halogens is 1. The van der Waals surface area contributed by atoms with E-state index in [1.54, 1.807) is 24.3 Å². The molecule has 0 saturated carbocycles. The number of hydrogen-bond donors (Lipinski definition) is 0. The monoisotopic (exact) mass is 496 g/mol. The summed E-state index contributed by atoms with van der Waals surface area (Å²) in [5.74, 6) is 0.480. The third-order valence-corrected chi connectivity index (χ3v) is 7.03. The summed E-state index contributed by atoms with van der Waals surface area (Å²) >= 11 is 0. The number of Topliss-reactive ketones (excluding diaryl/α,β-unsaturated/α-hetero) is 1. The first-order chi connectivity index (χ1) is 17.4. The lowest BCUT2D eigenvalue weighted by atomic mass is 10.0. The molecule has 196 valence electrons. The zero-order valence-corrected chi connectivity index (χ0v) is 22.0. The number of ketones is 1. The number of piperazine rings is 1. The number of benzene rings is 2. The maximum absolute atomic E-state index is 13.2. The molecule has 3 rings (SSSR count). The average molecular weight is 497 g/mol. The smallest absolute Gasteiger partial charge is 0.260 e. The van der Waals surface area contributed by atoms with Crippen LogP contribution in [0.15, 0.2) is 48.5 Å². The van der Waals surface area contributed by atoms with Crippen molar-refractivity contribution in [2.45, 2.75) is 84.3 Å². The fourth-order valence-corrected chi connectivity index (χ4v) is 4.77. The van der Waals surface area contributed by atoms with Gasteiger partial charge in [-0.15, -0.1) is 0 Å². The molecule has 0 aromatic heterocycles. The van der Waals surface area contributed by atoms with Crippen molar-refractivity contribution in [3.63, 3.8) is 0 Å². The molecule has 6 heteroatoms. The van der Waals surface area contributed by atoms with Crippen LogP contribution in [0.4, 0.5) is 4.39 Å². The Morgan fingerprint density at radius 1 is 0.889 bits per heavy atom. The Balaban J connectivity index is 1.42. The highest BCUT2D eigenvalue weighted by Gasteiger charge is 2.32. The number of rotatable bonds is 13. The van der Waals surface area contributed by atoms with Gasteiger partial charge in [-0.25, -0.2) is 4.39 Å². The first-order valence-electron chi connectivity index (χ1n) is 13.4. The van der Waals surface area contributed by atoms with Crippen molar-refractivity contribution in [1.82, 2.24) is 9.80 Å². The zero-order chi connectivity index (χ0) is 25.9. The van der Waals surface area contributed by atoms with Gasteiger partial charge in [-0.2, -0.15) is 0 Å². The average Bonchev–Trinajstić information content (AvgIpc) is 2.88. The zero-order valence-electron chi connectivity index (χ0n) is 22.0. The summed E-state index contributed by atoms with van der Waals surface area (Å²) < 4.78 is 19.0. The van der Waals surface area contributed by atoms with Gasteiger partial charge in [0.1, 0.15) is 11.6 Å². The minimum Gasteiger partial charge on any atom is -0.484 e. The predicted molar refractivity (Wildman–Crippen MR) is 142 cm³/mol. The maximum Gasteiger partial charge on any atom is 0.260 e. The van der Waals surface area contributed by atoms with Gasteiger partial charge in [-0.05, 0) is 62.2 Å². The number of carbonyl (C=O) groups excluding carboxylic acids is 2. The van der Waals surface area contributed by atoms with E-state index in [1.807, 2.05) is 24.0 Å². The second kappa shape index (κ2) is 14.1. The quantitative estimate of drug-likeness (QED) is 0.243. The normalized spacial score (nSPS) is 18.3. The van der Waals surface area contributed by atoms with Crippen LogP contribution >= 0.6 is 0 Å². The molecular formula is C30H41FN2O3. The van der Waals surface area contributed by atoms with Gasteiger partial charge in [0.15, 0.2) is 12.4 Å². The van der Waals surface area contributed by atoms with E-state index >= 15 is 0 Å². The molecule has 0 unspecified atom stereocenters. The molecule has 1 fully saturated rings. The Kier molecular flexibility index (Phi) is 10.9. The SMILES string of the molecule is CCCCCCCCC(=O)c1ccc(OCC(=O)N2C[C@H](C)N(Cc3ccc(F)cc3)C[C@H]2C)cc1. The van der Waals surface area contributed by atoms with Gasteiger partial charge in [-0.3, -0.25) is 14.5 Å². The van der Waals surface area contributed by atoms with Crippen molar-refractivity contribution in [2.24, 2.45) is 0 Å². The highest BCUT2D eigenvalue weighted by Crippen LogP contribution is 2.20. The van der Waals surface area contributed by atoms with Gasteiger partial charge in [-0.1, -0.05) is 51.2 Å². The Morgan fingerprint density at radius 3 is 2.25 bits per heavy atom. The number of amides is 1. The number of unbranched alkanes of at least 4 members (excludes halogenated alkanes) is 5. The topological polar surface area (TPSA) is 49.9 Å². The standard InChI is InChI=1S/C30H41FN2O3/c1-4-5-6-7-8-9-10-29(34)26-13-17-28(18-14-26)36-22-30(35)33-20-23(2)32(19-24(33)3)21-25-11-15-27(31)16-12-25/h11-18,23-24H,4-10,19-22H2,1-3H3/t23-,24+/m0/s1. The summed E-state index contributed by atoms with van der Waals surface area (Å²) in [6, 6.07) is 14.0. The molecule has 0 spiro atoms. The molecule has 2 aromatic carbocycles. The lowest BCUT2D eigenvalue weighted by Crippen LogP contribution is -2.58. The van der Waals surface area contributed by atoms with E-state index in [0.29, 0.717) is 24.3 Å². The fraction of sp³-hybridized carbons (Fsp3) is 0.533. The molecule has 2 atom stereocenters. The fourth-order valence-electron chi connectivity index (χ4n) is 4.77. The third-order valence-electron chi connectivity index (χ3n) is 7.03. The first-order valence-corrected chi connectivity index (χ1v) is 13.4. The molecular weight excluding hydrogens is 455 g/mol. The van der Waals surface area contributed by atoms with E-state index in [-0.39, 0.29) is 36.2 Å².